The van der Waals surface area contributed by atoms with Crippen LogP contribution in [0.15, 0.2) is 24.3 Å². The molecule has 0 bridgehead atoms. The van der Waals surface area contributed by atoms with Gasteiger partial charge in [0.2, 0.25) is 0 Å². The summed E-state index contributed by atoms with van der Waals surface area (Å²) in [4.78, 5) is 2.21. The molecule has 0 amide bonds. The first-order valence-corrected chi connectivity index (χ1v) is 6.16. The average Bonchev–Trinajstić information content (AvgIpc) is 2.37. The van der Waals surface area contributed by atoms with Gasteiger partial charge in [-0.2, -0.15) is 0 Å². The number of hydrogen-bond acceptors (Lipinski definition) is 3. The second-order valence-corrected chi connectivity index (χ2v) is 4.52. The van der Waals surface area contributed by atoms with Gasteiger partial charge in [0.25, 0.3) is 6.43 Å². The van der Waals surface area contributed by atoms with Gasteiger partial charge < -0.3 is 15.4 Å². The van der Waals surface area contributed by atoms with Gasteiger partial charge in [0.05, 0.1) is 0 Å². The van der Waals surface area contributed by atoms with Crippen LogP contribution in [-0.4, -0.2) is 32.2 Å². The first-order chi connectivity index (χ1) is 8.65. The van der Waals surface area contributed by atoms with Gasteiger partial charge in [-0.1, -0.05) is 6.07 Å². The Morgan fingerprint density at radius 3 is 2.72 bits per heavy atom. The molecule has 1 aromatic carbocycles. The van der Waals surface area contributed by atoms with Crippen LogP contribution < -0.4 is 15.4 Å². The first kappa shape index (κ1) is 13.1. The normalized spacial score (nSPS) is 17.2. The Morgan fingerprint density at radius 1 is 1.33 bits per heavy atom. The molecule has 0 radical (unpaired) electrons. The molecule has 1 aliphatic rings. The highest BCUT2D eigenvalue weighted by Gasteiger charge is 2.16. The molecule has 1 fully saturated rings. The zero-order valence-electron chi connectivity index (χ0n) is 10.2. The topological polar surface area (TPSA) is 38.5 Å². The number of hydrogen-bond donors (Lipinski definition) is 1. The third kappa shape index (κ3) is 3.57. The Balaban J connectivity index is 1.98. The minimum absolute atomic E-state index is 0.277. The fourth-order valence-electron chi connectivity index (χ4n) is 2.09. The van der Waals surface area contributed by atoms with Crippen LogP contribution >= 0.6 is 0 Å². The molecule has 1 aliphatic heterocycles. The first-order valence-electron chi connectivity index (χ1n) is 6.16. The zero-order valence-corrected chi connectivity index (χ0v) is 10.2. The van der Waals surface area contributed by atoms with Gasteiger partial charge in [-0.05, 0) is 25.0 Å². The second-order valence-electron chi connectivity index (χ2n) is 4.52. The van der Waals surface area contributed by atoms with Crippen LogP contribution in [0.5, 0.6) is 5.75 Å². The number of piperidine rings is 1. The molecule has 0 aliphatic carbocycles. The molecule has 0 aromatic heterocycles. The maximum absolute atomic E-state index is 12.1. The van der Waals surface area contributed by atoms with E-state index in [1.165, 1.54) is 0 Å². The van der Waals surface area contributed by atoms with Gasteiger partial charge in [0.1, 0.15) is 12.4 Å². The number of rotatable bonds is 4. The number of anilines is 1. The van der Waals surface area contributed by atoms with Gasteiger partial charge in [0.15, 0.2) is 0 Å². The smallest absolute Gasteiger partial charge is 0.272 e. The molecule has 0 spiro atoms. The average molecular weight is 256 g/mol. The van der Waals surface area contributed by atoms with Gasteiger partial charge in [-0.25, -0.2) is 8.78 Å². The fourth-order valence-corrected chi connectivity index (χ4v) is 2.09. The lowest BCUT2D eigenvalue weighted by Gasteiger charge is -2.32. The third-order valence-corrected chi connectivity index (χ3v) is 3.10. The van der Waals surface area contributed by atoms with Crippen LogP contribution in [0.4, 0.5) is 14.5 Å². The molecule has 0 saturated carbocycles. The van der Waals surface area contributed by atoms with Crippen molar-refractivity contribution in [1.29, 1.82) is 0 Å². The maximum atomic E-state index is 12.1. The highest BCUT2D eigenvalue weighted by Crippen LogP contribution is 2.24. The monoisotopic (exact) mass is 256 g/mol. The lowest BCUT2D eigenvalue weighted by atomic mass is 10.1. The van der Waals surface area contributed by atoms with Crippen molar-refractivity contribution in [2.45, 2.75) is 25.3 Å². The molecule has 1 heterocycles. The van der Waals surface area contributed by atoms with Gasteiger partial charge >= 0.3 is 0 Å². The zero-order chi connectivity index (χ0) is 13.0. The summed E-state index contributed by atoms with van der Waals surface area (Å²) in [5.41, 5.74) is 6.86. The van der Waals surface area contributed by atoms with Crippen molar-refractivity contribution >= 4 is 5.69 Å². The minimum Gasteiger partial charge on any atom is -0.488 e. The third-order valence-electron chi connectivity index (χ3n) is 3.10. The van der Waals surface area contributed by atoms with Crippen molar-refractivity contribution in [3.63, 3.8) is 0 Å². The van der Waals surface area contributed by atoms with E-state index < -0.39 is 13.0 Å². The van der Waals surface area contributed by atoms with Crippen molar-refractivity contribution in [3.8, 4) is 5.75 Å². The molecule has 1 aromatic rings. The quantitative estimate of drug-likeness (QED) is 0.898. The molecule has 1 saturated heterocycles. The Bertz CT molecular complexity index is 379. The molecule has 18 heavy (non-hydrogen) atoms. The van der Waals surface area contributed by atoms with Crippen LogP contribution in [0.25, 0.3) is 0 Å². The van der Waals surface area contributed by atoms with Crippen LogP contribution in [-0.2, 0) is 0 Å². The SMILES string of the molecule is NC1CCN(c2cccc(OCC(F)F)c2)CC1. The summed E-state index contributed by atoms with van der Waals surface area (Å²) in [7, 11) is 0. The second kappa shape index (κ2) is 6.00. The van der Waals surface area contributed by atoms with Crippen molar-refractivity contribution in [2.24, 2.45) is 5.73 Å². The standard InChI is InChI=1S/C13H18F2N2O/c14-13(15)9-18-12-3-1-2-11(8-12)17-6-4-10(16)5-7-17/h1-3,8,10,13H,4-7,9,16H2. The predicted molar refractivity (Wildman–Crippen MR) is 67.4 cm³/mol. The molecule has 100 valence electrons. The van der Waals surface area contributed by atoms with E-state index in [-0.39, 0.29) is 6.04 Å². The summed E-state index contributed by atoms with van der Waals surface area (Å²) in [6, 6.07) is 7.57. The van der Waals surface area contributed by atoms with E-state index in [1.54, 1.807) is 12.1 Å². The van der Waals surface area contributed by atoms with Crippen molar-refractivity contribution < 1.29 is 13.5 Å². The Kier molecular flexibility index (Phi) is 4.36. The number of nitrogens with two attached hydrogens (primary N) is 1. The van der Waals surface area contributed by atoms with E-state index in [0.717, 1.165) is 31.6 Å². The lowest BCUT2D eigenvalue weighted by Crippen LogP contribution is -2.39. The maximum Gasteiger partial charge on any atom is 0.272 e. The Morgan fingerprint density at radius 2 is 2.06 bits per heavy atom. The molecule has 2 N–H and O–H groups in total. The lowest BCUT2D eigenvalue weighted by molar-refractivity contribution is 0.0819. The van der Waals surface area contributed by atoms with E-state index in [2.05, 4.69) is 4.90 Å². The number of nitrogens with zero attached hydrogens (tertiary/aromatic N) is 1. The van der Waals surface area contributed by atoms with Crippen molar-refractivity contribution in [1.82, 2.24) is 0 Å². The largest absolute Gasteiger partial charge is 0.488 e. The number of benzene rings is 1. The highest BCUT2D eigenvalue weighted by molar-refractivity contribution is 5.51. The molecule has 0 unspecified atom stereocenters. The molecular weight excluding hydrogens is 238 g/mol. The summed E-state index contributed by atoms with van der Waals surface area (Å²) < 4.78 is 29.2. The number of halogens is 2. The van der Waals surface area contributed by atoms with Gasteiger partial charge in [-0.3, -0.25) is 0 Å². The fraction of sp³-hybridized carbons (Fsp3) is 0.538. The van der Waals surface area contributed by atoms with Crippen molar-refractivity contribution in [2.75, 3.05) is 24.6 Å². The van der Waals surface area contributed by atoms with E-state index >= 15 is 0 Å². The van der Waals surface area contributed by atoms with E-state index in [0.29, 0.717) is 5.75 Å². The predicted octanol–water partition coefficient (Wildman–Crippen LogP) is 2.26. The van der Waals surface area contributed by atoms with E-state index in [9.17, 15) is 8.78 Å². The summed E-state index contributed by atoms with van der Waals surface area (Å²) in [5.74, 6) is 0.489. The molecule has 0 atom stereocenters. The molecule has 5 heteroatoms. The van der Waals surface area contributed by atoms with Crippen LogP contribution in [0.2, 0.25) is 0 Å². The van der Waals surface area contributed by atoms with Gasteiger partial charge in [0, 0.05) is 30.9 Å². The van der Waals surface area contributed by atoms with Crippen LogP contribution in [0, 0.1) is 0 Å². The van der Waals surface area contributed by atoms with Crippen LogP contribution in [0.1, 0.15) is 12.8 Å². The Labute approximate surface area is 106 Å². The van der Waals surface area contributed by atoms with Crippen molar-refractivity contribution in [3.05, 3.63) is 24.3 Å². The molecular formula is C13H18F2N2O. The molecule has 2 rings (SSSR count). The summed E-state index contributed by atoms with van der Waals surface area (Å²) in [6.07, 6.45) is -0.522. The molecule has 3 nitrogen and oxygen atoms in total. The minimum atomic E-state index is -2.44. The van der Waals surface area contributed by atoms with Gasteiger partial charge in [-0.15, -0.1) is 0 Å². The summed E-state index contributed by atoms with van der Waals surface area (Å²) >= 11 is 0. The van der Waals surface area contributed by atoms with E-state index in [1.807, 2.05) is 12.1 Å². The Hall–Kier alpha value is -1.36. The highest BCUT2D eigenvalue weighted by atomic mass is 19.3. The number of alkyl halides is 2. The summed E-state index contributed by atoms with van der Waals surface area (Å²) in [5, 5.41) is 0. The van der Waals surface area contributed by atoms with Crippen LogP contribution in [0.3, 0.4) is 0 Å². The van der Waals surface area contributed by atoms with E-state index in [4.69, 9.17) is 10.5 Å². The summed E-state index contributed by atoms with van der Waals surface area (Å²) in [6.45, 7) is 1.24. The number of ether oxygens (including phenoxy) is 1.